The van der Waals surface area contributed by atoms with Crippen molar-refractivity contribution in [3.63, 3.8) is 0 Å². The van der Waals surface area contributed by atoms with Crippen LogP contribution in [-0.2, 0) is 26.2 Å². The van der Waals surface area contributed by atoms with Crippen LogP contribution in [0.1, 0.15) is 38.2 Å². The monoisotopic (exact) mass is 579 g/mol. The number of carbonyl (C=O) groups is 2. The van der Waals surface area contributed by atoms with Crippen LogP contribution >= 0.6 is 0 Å². The molecule has 1 saturated carbocycles. The van der Waals surface area contributed by atoms with Gasteiger partial charge in [0.05, 0.1) is 19.1 Å². The standard InChI is InChI=1S/C31H37N3O6S/c1-23(31(36)32-25-11-7-8-12-25)33(21-24-10-9-15-29(20-24)39-2)30(35)22-34(41(3,37)38)26-16-18-28(19-17-26)40-27-13-5-4-6-14-27/h4-6,9-10,13-20,23,25H,7-8,11-12,21-22H2,1-3H3,(H,32,36). The molecule has 3 aromatic rings. The number of benzene rings is 3. The van der Waals surface area contributed by atoms with Gasteiger partial charge in [-0.15, -0.1) is 0 Å². The number of nitrogens with one attached hydrogen (secondary N) is 1. The number of amides is 2. The van der Waals surface area contributed by atoms with Crippen molar-refractivity contribution in [3.05, 3.63) is 84.4 Å². The molecule has 41 heavy (non-hydrogen) atoms. The summed E-state index contributed by atoms with van der Waals surface area (Å²) in [5.74, 6) is 1.02. The molecule has 9 nitrogen and oxygen atoms in total. The highest BCUT2D eigenvalue weighted by Crippen LogP contribution is 2.26. The highest BCUT2D eigenvalue weighted by atomic mass is 32.2. The summed E-state index contributed by atoms with van der Waals surface area (Å²) in [6, 6.07) is 22.2. The summed E-state index contributed by atoms with van der Waals surface area (Å²) in [5, 5.41) is 3.06. The van der Waals surface area contributed by atoms with Crippen molar-refractivity contribution in [3.8, 4) is 17.2 Å². The number of hydrogen-bond acceptors (Lipinski definition) is 6. The van der Waals surface area contributed by atoms with Gasteiger partial charge in [0.15, 0.2) is 0 Å². The van der Waals surface area contributed by atoms with E-state index in [9.17, 15) is 18.0 Å². The van der Waals surface area contributed by atoms with Gasteiger partial charge >= 0.3 is 0 Å². The Kier molecular flexibility index (Phi) is 9.88. The first-order valence-electron chi connectivity index (χ1n) is 13.7. The van der Waals surface area contributed by atoms with Gasteiger partial charge in [-0.2, -0.15) is 0 Å². The average Bonchev–Trinajstić information content (AvgIpc) is 3.48. The number of rotatable bonds is 12. The Morgan fingerprint density at radius 2 is 1.56 bits per heavy atom. The number of nitrogens with zero attached hydrogens (tertiary/aromatic N) is 2. The van der Waals surface area contributed by atoms with Gasteiger partial charge in [-0.05, 0) is 73.9 Å². The Labute approximate surface area is 242 Å². The molecule has 1 aliphatic rings. The third-order valence-electron chi connectivity index (χ3n) is 7.14. The molecule has 1 N–H and O–H groups in total. The van der Waals surface area contributed by atoms with E-state index in [-0.39, 0.29) is 18.5 Å². The summed E-state index contributed by atoms with van der Waals surface area (Å²) >= 11 is 0. The van der Waals surface area contributed by atoms with E-state index in [2.05, 4.69) is 5.32 Å². The first-order valence-corrected chi connectivity index (χ1v) is 15.5. The summed E-state index contributed by atoms with van der Waals surface area (Å²) in [7, 11) is -2.29. The van der Waals surface area contributed by atoms with Crippen LogP contribution in [0.4, 0.5) is 5.69 Å². The lowest BCUT2D eigenvalue weighted by Crippen LogP contribution is -2.52. The molecular formula is C31H37N3O6S. The first-order chi connectivity index (χ1) is 19.6. The molecule has 0 radical (unpaired) electrons. The molecule has 3 aromatic carbocycles. The van der Waals surface area contributed by atoms with Crippen molar-refractivity contribution in [2.75, 3.05) is 24.2 Å². The van der Waals surface area contributed by atoms with Crippen molar-refractivity contribution in [2.45, 2.75) is 51.2 Å². The van der Waals surface area contributed by atoms with Crippen molar-refractivity contribution in [1.82, 2.24) is 10.2 Å². The lowest BCUT2D eigenvalue weighted by Gasteiger charge is -2.32. The Hall–Kier alpha value is -4.05. The number of methoxy groups -OCH3 is 1. The second kappa shape index (κ2) is 13.5. The molecule has 0 aromatic heterocycles. The summed E-state index contributed by atoms with van der Waals surface area (Å²) in [6.07, 6.45) is 4.99. The van der Waals surface area contributed by atoms with Gasteiger partial charge in [-0.25, -0.2) is 8.42 Å². The summed E-state index contributed by atoms with van der Waals surface area (Å²) in [6.45, 7) is 1.31. The fourth-order valence-corrected chi connectivity index (χ4v) is 5.71. The Bertz CT molecular complexity index is 1420. The molecule has 0 spiro atoms. The molecule has 218 valence electrons. The highest BCUT2D eigenvalue weighted by molar-refractivity contribution is 7.92. The Morgan fingerprint density at radius 1 is 0.927 bits per heavy atom. The Morgan fingerprint density at radius 3 is 2.20 bits per heavy atom. The number of anilines is 1. The topological polar surface area (TPSA) is 105 Å². The molecule has 1 atom stereocenters. The normalized spacial score (nSPS) is 14.2. The van der Waals surface area contributed by atoms with Crippen LogP contribution in [0.15, 0.2) is 78.9 Å². The van der Waals surface area contributed by atoms with E-state index >= 15 is 0 Å². The van der Waals surface area contributed by atoms with Crippen LogP contribution in [0, 0.1) is 0 Å². The molecule has 2 amide bonds. The maximum Gasteiger partial charge on any atom is 0.244 e. The lowest BCUT2D eigenvalue weighted by atomic mass is 10.1. The van der Waals surface area contributed by atoms with E-state index in [4.69, 9.17) is 9.47 Å². The van der Waals surface area contributed by atoms with Gasteiger partial charge < -0.3 is 19.7 Å². The molecule has 1 fully saturated rings. The van der Waals surface area contributed by atoms with Crippen LogP contribution in [0.2, 0.25) is 0 Å². The van der Waals surface area contributed by atoms with Crippen LogP contribution in [-0.4, -0.2) is 57.1 Å². The number of hydrogen-bond donors (Lipinski definition) is 1. The fourth-order valence-electron chi connectivity index (χ4n) is 4.86. The second-order valence-electron chi connectivity index (χ2n) is 10.2. The lowest BCUT2D eigenvalue weighted by molar-refractivity contribution is -0.139. The molecule has 0 aliphatic heterocycles. The molecule has 1 unspecified atom stereocenters. The number of carbonyl (C=O) groups excluding carboxylic acids is 2. The van der Waals surface area contributed by atoms with Crippen LogP contribution < -0.4 is 19.1 Å². The predicted molar refractivity (Wildman–Crippen MR) is 159 cm³/mol. The quantitative estimate of drug-likeness (QED) is 0.333. The van der Waals surface area contributed by atoms with E-state index in [0.717, 1.165) is 41.8 Å². The zero-order valence-corrected chi connectivity index (χ0v) is 24.5. The Balaban J connectivity index is 1.56. The van der Waals surface area contributed by atoms with Gasteiger partial charge in [0, 0.05) is 12.6 Å². The average molecular weight is 580 g/mol. The fraction of sp³-hybridized carbons (Fsp3) is 0.355. The van der Waals surface area contributed by atoms with Crippen molar-refractivity contribution in [2.24, 2.45) is 0 Å². The van der Waals surface area contributed by atoms with Crippen molar-refractivity contribution in [1.29, 1.82) is 0 Å². The van der Waals surface area contributed by atoms with E-state index in [0.29, 0.717) is 22.9 Å². The molecule has 0 saturated heterocycles. The van der Waals surface area contributed by atoms with Gasteiger partial charge in [-0.1, -0.05) is 43.2 Å². The van der Waals surface area contributed by atoms with Crippen molar-refractivity contribution >= 4 is 27.5 Å². The number of ether oxygens (including phenoxy) is 2. The van der Waals surface area contributed by atoms with Gasteiger partial charge in [0.2, 0.25) is 21.8 Å². The van der Waals surface area contributed by atoms with Crippen LogP contribution in [0.3, 0.4) is 0 Å². The minimum atomic E-state index is -3.84. The predicted octanol–water partition coefficient (Wildman–Crippen LogP) is 4.73. The number of sulfonamides is 1. The molecular weight excluding hydrogens is 542 g/mol. The molecule has 4 rings (SSSR count). The molecule has 0 heterocycles. The van der Waals surface area contributed by atoms with E-state index < -0.39 is 28.5 Å². The third kappa shape index (κ3) is 8.23. The van der Waals surface area contributed by atoms with Gasteiger partial charge in [-0.3, -0.25) is 13.9 Å². The van der Waals surface area contributed by atoms with Gasteiger partial charge in [0.1, 0.15) is 29.8 Å². The maximum absolute atomic E-state index is 13.8. The summed E-state index contributed by atoms with van der Waals surface area (Å²) in [5.41, 5.74) is 1.07. The largest absolute Gasteiger partial charge is 0.497 e. The number of para-hydroxylation sites is 1. The van der Waals surface area contributed by atoms with E-state index in [1.165, 1.54) is 4.90 Å². The highest BCUT2D eigenvalue weighted by Gasteiger charge is 2.31. The SMILES string of the molecule is COc1cccc(CN(C(=O)CN(c2ccc(Oc3ccccc3)cc2)S(C)(=O)=O)C(C)C(=O)NC2CCCC2)c1. The second-order valence-corrected chi connectivity index (χ2v) is 12.1. The third-order valence-corrected chi connectivity index (χ3v) is 8.28. The zero-order valence-electron chi connectivity index (χ0n) is 23.7. The zero-order chi connectivity index (χ0) is 29.4. The van der Waals surface area contributed by atoms with Crippen LogP contribution in [0.5, 0.6) is 17.2 Å². The smallest absolute Gasteiger partial charge is 0.244 e. The van der Waals surface area contributed by atoms with E-state index in [1.54, 1.807) is 50.4 Å². The maximum atomic E-state index is 13.8. The molecule has 0 bridgehead atoms. The van der Waals surface area contributed by atoms with Crippen LogP contribution in [0.25, 0.3) is 0 Å². The molecule has 10 heteroatoms. The summed E-state index contributed by atoms with van der Waals surface area (Å²) in [4.78, 5) is 28.5. The minimum absolute atomic E-state index is 0.0860. The van der Waals surface area contributed by atoms with Crippen molar-refractivity contribution < 1.29 is 27.5 Å². The van der Waals surface area contributed by atoms with Gasteiger partial charge in [0.25, 0.3) is 0 Å². The first kappa shape index (κ1) is 29.9. The minimum Gasteiger partial charge on any atom is -0.497 e. The molecule has 1 aliphatic carbocycles. The van der Waals surface area contributed by atoms with E-state index in [1.807, 2.05) is 42.5 Å². The summed E-state index contributed by atoms with van der Waals surface area (Å²) < 4.78 is 37.9.